The number of nitrogens with one attached hydrogen (secondary N) is 4. The van der Waals surface area contributed by atoms with E-state index < -0.39 is 16.1 Å². The highest BCUT2D eigenvalue weighted by Gasteiger charge is 2.30. The summed E-state index contributed by atoms with van der Waals surface area (Å²) in [5.41, 5.74) is 10.1. The zero-order valence-corrected chi connectivity index (χ0v) is 27.4. The lowest BCUT2D eigenvalue weighted by Gasteiger charge is -2.28. The number of H-pyrrole nitrogens is 2. The smallest absolute Gasteiger partial charge is 0.271 e. The number of amides is 2. The second kappa shape index (κ2) is 13.8. The quantitative estimate of drug-likeness (QED) is 0.172. The summed E-state index contributed by atoms with van der Waals surface area (Å²) in [5.74, 6) is -0.264. The standard InChI is InChI=1S/C35H42N6O5S/c1-22-4-14-28(47(45,46)41-16-2-3-17-41)20-30(22)25-9-5-23(6-10-25)18-32(38-33(42)26-11-7-24(21-36)8-12-26)35(44)37-27-13-15-29-31(19-27)39-40-34(29)43/h4-6,9-10,13-15,19-20,24,26,32H,2-3,7-8,11-12,16-18,21,36H2,1H3,(H,37,44)(H,38,42)(H2,39,40,43)/t24?,26?,32-/m0/s1. The molecule has 6 rings (SSSR count). The van der Waals surface area contributed by atoms with Gasteiger partial charge in [0.2, 0.25) is 21.8 Å². The minimum atomic E-state index is -3.56. The maximum absolute atomic E-state index is 13.7. The van der Waals surface area contributed by atoms with Crippen LogP contribution in [0.3, 0.4) is 0 Å². The van der Waals surface area contributed by atoms with Crippen LogP contribution in [0.25, 0.3) is 22.0 Å². The van der Waals surface area contributed by atoms with Crippen molar-refractivity contribution in [2.24, 2.45) is 17.6 Å². The summed E-state index contributed by atoms with van der Waals surface area (Å²) in [6, 6.07) is 17.0. The molecule has 2 heterocycles. The van der Waals surface area contributed by atoms with Gasteiger partial charge in [0, 0.05) is 31.1 Å². The van der Waals surface area contributed by atoms with Gasteiger partial charge in [-0.05, 0) is 110 Å². The largest absolute Gasteiger partial charge is 0.344 e. The third kappa shape index (κ3) is 7.19. The van der Waals surface area contributed by atoms with Crippen LogP contribution < -0.4 is 21.9 Å². The van der Waals surface area contributed by atoms with Gasteiger partial charge >= 0.3 is 0 Å². The van der Waals surface area contributed by atoms with E-state index in [9.17, 15) is 22.8 Å². The number of aryl methyl sites for hydroxylation is 1. The lowest BCUT2D eigenvalue weighted by molar-refractivity contribution is -0.130. The molecule has 2 amide bonds. The average Bonchev–Trinajstić information content (AvgIpc) is 3.76. The van der Waals surface area contributed by atoms with Gasteiger partial charge in [-0.1, -0.05) is 30.3 Å². The molecule has 0 radical (unpaired) electrons. The summed E-state index contributed by atoms with van der Waals surface area (Å²) < 4.78 is 28.0. The zero-order valence-electron chi connectivity index (χ0n) is 26.6. The van der Waals surface area contributed by atoms with Crippen molar-refractivity contribution in [1.82, 2.24) is 19.8 Å². The van der Waals surface area contributed by atoms with Crippen LogP contribution in [0.2, 0.25) is 0 Å². The third-order valence-corrected chi connectivity index (χ3v) is 11.5. The summed E-state index contributed by atoms with van der Waals surface area (Å²) in [4.78, 5) is 39.3. The van der Waals surface area contributed by atoms with E-state index in [4.69, 9.17) is 5.73 Å². The highest BCUT2D eigenvalue weighted by Crippen LogP contribution is 2.30. The summed E-state index contributed by atoms with van der Waals surface area (Å²) in [7, 11) is -3.56. The van der Waals surface area contributed by atoms with Crippen molar-refractivity contribution < 1.29 is 18.0 Å². The van der Waals surface area contributed by atoms with Crippen molar-refractivity contribution in [3.05, 3.63) is 82.1 Å². The number of aromatic nitrogens is 2. The number of carbonyl (C=O) groups is 2. The number of rotatable bonds is 10. The van der Waals surface area contributed by atoms with Gasteiger partial charge < -0.3 is 16.4 Å². The Morgan fingerprint density at radius 1 is 0.957 bits per heavy atom. The molecule has 1 atom stereocenters. The Morgan fingerprint density at radius 2 is 1.68 bits per heavy atom. The number of carbonyl (C=O) groups excluding carboxylic acids is 2. The fourth-order valence-electron chi connectivity index (χ4n) is 6.71. The number of nitrogens with two attached hydrogens (primary N) is 1. The van der Waals surface area contributed by atoms with Crippen LogP contribution in [0.1, 0.15) is 49.7 Å². The van der Waals surface area contributed by atoms with E-state index in [1.165, 1.54) is 0 Å². The molecule has 248 valence electrons. The van der Waals surface area contributed by atoms with Crippen LogP contribution in [0.4, 0.5) is 5.69 Å². The number of fused-ring (bicyclic) bond motifs is 1. The van der Waals surface area contributed by atoms with E-state index in [1.807, 2.05) is 37.3 Å². The number of hydrogen-bond acceptors (Lipinski definition) is 6. The first-order chi connectivity index (χ1) is 22.6. The Labute approximate surface area is 274 Å². The normalized spacial score (nSPS) is 19.4. The third-order valence-electron chi connectivity index (χ3n) is 9.64. The number of sulfonamides is 1. The van der Waals surface area contributed by atoms with Crippen molar-refractivity contribution in [1.29, 1.82) is 0 Å². The molecule has 11 nitrogen and oxygen atoms in total. The maximum atomic E-state index is 13.7. The average molecular weight is 659 g/mol. The molecule has 1 saturated carbocycles. The SMILES string of the molecule is Cc1ccc(S(=O)(=O)N2CCCC2)cc1-c1ccc(C[C@H](NC(=O)C2CCC(CN)CC2)C(=O)Nc2ccc3c(=O)[nH][nH]c3c2)cc1. The molecule has 0 bridgehead atoms. The molecule has 2 aliphatic rings. The fraction of sp³-hybridized carbons (Fsp3) is 0.400. The maximum Gasteiger partial charge on any atom is 0.271 e. The molecule has 0 unspecified atom stereocenters. The molecule has 2 fully saturated rings. The molecule has 12 heteroatoms. The summed E-state index contributed by atoms with van der Waals surface area (Å²) in [6.07, 6.45) is 5.25. The van der Waals surface area contributed by atoms with Crippen molar-refractivity contribution in [3.63, 3.8) is 0 Å². The van der Waals surface area contributed by atoms with Crippen molar-refractivity contribution in [2.45, 2.75) is 62.8 Å². The zero-order chi connectivity index (χ0) is 33.1. The van der Waals surface area contributed by atoms with Crippen LogP contribution in [-0.4, -0.2) is 60.4 Å². The van der Waals surface area contributed by atoms with Gasteiger partial charge in [0.15, 0.2) is 0 Å². The molecule has 4 aromatic rings. The van der Waals surface area contributed by atoms with Crippen molar-refractivity contribution >= 4 is 38.4 Å². The van der Waals surface area contributed by atoms with Crippen LogP contribution >= 0.6 is 0 Å². The van der Waals surface area contributed by atoms with Crippen LogP contribution in [0, 0.1) is 18.8 Å². The Balaban J connectivity index is 1.21. The molecular formula is C35H42N6O5S. The Hall–Kier alpha value is -4.26. The molecule has 1 aliphatic carbocycles. The number of hydrogen-bond donors (Lipinski definition) is 5. The number of anilines is 1. The fourth-order valence-corrected chi connectivity index (χ4v) is 8.25. The number of benzene rings is 3. The van der Waals surface area contributed by atoms with Crippen molar-refractivity contribution in [2.75, 3.05) is 25.0 Å². The molecule has 1 aromatic heterocycles. The first-order valence-corrected chi connectivity index (χ1v) is 17.8. The van der Waals surface area contributed by atoms with E-state index in [0.29, 0.717) is 42.1 Å². The van der Waals surface area contributed by atoms with Gasteiger partial charge in [-0.25, -0.2) is 8.42 Å². The van der Waals surface area contributed by atoms with Crippen LogP contribution in [-0.2, 0) is 26.0 Å². The molecule has 6 N–H and O–H groups in total. The van der Waals surface area contributed by atoms with E-state index in [2.05, 4.69) is 20.8 Å². The molecule has 3 aromatic carbocycles. The Morgan fingerprint density at radius 3 is 2.38 bits per heavy atom. The number of nitrogens with zero attached hydrogens (tertiary/aromatic N) is 1. The predicted molar refractivity (Wildman–Crippen MR) is 182 cm³/mol. The molecule has 0 spiro atoms. The topological polar surface area (TPSA) is 170 Å². The highest BCUT2D eigenvalue weighted by atomic mass is 32.2. The van der Waals surface area contributed by atoms with Crippen LogP contribution in [0.5, 0.6) is 0 Å². The first kappa shape index (κ1) is 32.7. The van der Waals surface area contributed by atoms with E-state index >= 15 is 0 Å². The lowest BCUT2D eigenvalue weighted by atomic mass is 9.81. The molecule has 1 aliphatic heterocycles. The van der Waals surface area contributed by atoms with Gasteiger partial charge in [0.25, 0.3) is 5.56 Å². The highest BCUT2D eigenvalue weighted by molar-refractivity contribution is 7.89. The van der Waals surface area contributed by atoms with Gasteiger partial charge in [0.05, 0.1) is 15.8 Å². The number of aromatic amines is 2. The van der Waals surface area contributed by atoms with Gasteiger partial charge in [0.1, 0.15) is 6.04 Å². The second-order valence-corrected chi connectivity index (χ2v) is 14.8. The minimum absolute atomic E-state index is 0.144. The van der Waals surface area contributed by atoms with E-state index in [-0.39, 0.29) is 34.6 Å². The lowest BCUT2D eigenvalue weighted by Crippen LogP contribution is -2.48. The monoisotopic (exact) mass is 658 g/mol. The first-order valence-electron chi connectivity index (χ1n) is 16.3. The molecular weight excluding hydrogens is 616 g/mol. The minimum Gasteiger partial charge on any atom is -0.344 e. The van der Waals surface area contributed by atoms with Gasteiger partial charge in [-0.3, -0.25) is 24.6 Å². The Kier molecular flexibility index (Phi) is 9.62. The molecule has 47 heavy (non-hydrogen) atoms. The Bertz CT molecular complexity index is 1920. The second-order valence-electron chi connectivity index (χ2n) is 12.8. The van der Waals surface area contributed by atoms with E-state index in [1.54, 1.807) is 34.6 Å². The van der Waals surface area contributed by atoms with Crippen molar-refractivity contribution in [3.8, 4) is 11.1 Å². The molecule has 1 saturated heterocycles. The summed E-state index contributed by atoms with van der Waals surface area (Å²) in [5, 5.41) is 11.7. The van der Waals surface area contributed by atoms with Gasteiger partial charge in [-0.15, -0.1) is 0 Å². The predicted octanol–water partition coefficient (Wildman–Crippen LogP) is 4.05. The van der Waals surface area contributed by atoms with Crippen LogP contribution in [0.15, 0.2) is 70.4 Å². The summed E-state index contributed by atoms with van der Waals surface area (Å²) in [6.45, 7) is 3.65. The van der Waals surface area contributed by atoms with Gasteiger partial charge in [-0.2, -0.15) is 4.31 Å². The van der Waals surface area contributed by atoms with E-state index in [0.717, 1.165) is 60.8 Å². The summed E-state index contributed by atoms with van der Waals surface area (Å²) >= 11 is 0.